The number of fused-ring (bicyclic) bond motifs is 4. The van der Waals surface area contributed by atoms with Gasteiger partial charge in [0.1, 0.15) is 5.75 Å². The molecule has 1 saturated carbocycles. The first-order chi connectivity index (χ1) is 16.5. The van der Waals surface area contributed by atoms with Crippen LogP contribution in [-0.4, -0.2) is 31.6 Å². The van der Waals surface area contributed by atoms with Crippen molar-refractivity contribution in [2.45, 2.75) is 56.5 Å². The summed E-state index contributed by atoms with van der Waals surface area (Å²) in [6.45, 7) is 5.99. The van der Waals surface area contributed by atoms with Crippen molar-refractivity contribution in [3.8, 4) is 5.75 Å². The van der Waals surface area contributed by atoms with Crippen LogP contribution in [0.3, 0.4) is 0 Å². The van der Waals surface area contributed by atoms with Crippen molar-refractivity contribution >= 4 is 11.6 Å². The molecule has 34 heavy (non-hydrogen) atoms. The number of rotatable bonds is 6. The summed E-state index contributed by atoms with van der Waals surface area (Å²) in [5.41, 5.74) is 4.51. The van der Waals surface area contributed by atoms with Gasteiger partial charge in [-0.15, -0.1) is 0 Å². The highest BCUT2D eigenvalue weighted by Crippen LogP contribution is 2.52. The quantitative estimate of drug-likeness (QED) is 0.443. The largest absolute Gasteiger partial charge is 0.497 e. The van der Waals surface area contributed by atoms with Crippen molar-refractivity contribution in [1.29, 1.82) is 0 Å². The van der Waals surface area contributed by atoms with Gasteiger partial charge in [0.15, 0.2) is 0 Å². The minimum atomic E-state index is 0. The Kier molecular flexibility index (Phi) is 6.00. The van der Waals surface area contributed by atoms with E-state index in [0.29, 0.717) is 6.04 Å². The molecule has 1 saturated heterocycles. The SMILES string of the molecule is COc1ccc([C@@H](C)N[C@H]2CC3(CCN(CC4CC5C=CC4C5)CC3)c3cc(Cl)ccc32)cc1.[HH].[HH]. The molecule has 4 aliphatic rings. The zero-order valence-electron chi connectivity index (χ0n) is 20.5. The number of hydrogen-bond acceptors (Lipinski definition) is 3. The van der Waals surface area contributed by atoms with Crippen LogP contribution in [0.5, 0.6) is 5.75 Å². The number of benzene rings is 2. The molecule has 0 aromatic heterocycles. The van der Waals surface area contributed by atoms with Crippen LogP contribution in [0.1, 0.15) is 70.7 Å². The summed E-state index contributed by atoms with van der Waals surface area (Å²) in [4.78, 5) is 2.76. The van der Waals surface area contributed by atoms with Crippen LogP contribution >= 0.6 is 11.6 Å². The van der Waals surface area contributed by atoms with Crippen LogP contribution in [0.25, 0.3) is 0 Å². The fourth-order valence-electron chi connectivity index (χ4n) is 7.41. The maximum atomic E-state index is 6.53. The molecule has 184 valence electrons. The van der Waals surface area contributed by atoms with Crippen LogP contribution in [0.2, 0.25) is 5.02 Å². The summed E-state index contributed by atoms with van der Waals surface area (Å²) < 4.78 is 5.34. The first-order valence-electron chi connectivity index (χ1n) is 13.1. The molecule has 1 aliphatic heterocycles. The van der Waals surface area contributed by atoms with E-state index in [1.165, 1.54) is 68.4 Å². The zero-order chi connectivity index (χ0) is 23.3. The Bertz CT molecular complexity index is 1070. The minimum absolute atomic E-state index is 0. The molecule has 2 fully saturated rings. The number of ether oxygens (including phenoxy) is 1. The van der Waals surface area contributed by atoms with Crippen molar-refractivity contribution in [3.05, 3.63) is 76.3 Å². The maximum Gasteiger partial charge on any atom is 0.118 e. The molecule has 3 aliphatic carbocycles. The van der Waals surface area contributed by atoms with E-state index >= 15 is 0 Å². The molecule has 6 rings (SSSR count). The van der Waals surface area contributed by atoms with Gasteiger partial charge >= 0.3 is 0 Å². The normalized spacial score (nSPS) is 30.1. The molecule has 0 amide bonds. The lowest BCUT2D eigenvalue weighted by atomic mass is 9.73. The third kappa shape index (κ3) is 4.10. The Balaban J connectivity index is 0.00000152. The molecule has 2 aromatic rings. The highest BCUT2D eigenvalue weighted by molar-refractivity contribution is 6.30. The second-order valence-electron chi connectivity index (χ2n) is 11.3. The third-order valence-electron chi connectivity index (χ3n) is 9.35. The standard InChI is InChI=1S/C30H37ClN2O.2H2/c1-20(22-5-8-26(34-2)9-6-22)32-29-18-30(28-17-25(31)7-10-27(28)29)11-13-33(14-12-30)19-24-16-21-3-4-23(24)15-21;;/h3-10,17,20-21,23-24,29,32H,11-16,18-19H2,1-2H3;2*1H/t20-,21?,23?,24?,29+;;/m1../s1. The summed E-state index contributed by atoms with van der Waals surface area (Å²) in [5, 5.41) is 4.84. The number of methoxy groups -OCH3 is 1. The van der Waals surface area contributed by atoms with Gasteiger partial charge in [0.25, 0.3) is 0 Å². The number of halogens is 1. The van der Waals surface area contributed by atoms with Crippen LogP contribution in [0.4, 0.5) is 0 Å². The monoisotopic (exact) mass is 480 g/mol. The van der Waals surface area contributed by atoms with E-state index in [1.54, 1.807) is 7.11 Å². The zero-order valence-corrected chi connectivity index (χ0v) is 21.2. The lowest BCUT2D eigenvalue weighted by Crippen LogP contribution is -2.44. The van der Waals surface area contributed by atoms with E-state index < -0.39 is 0 Å². The van der Waals surface area contributed by atoms with Gasteiger partial charge in [-0.05, 0) is 116 Å². The second-order valence-corrected chi connectivity index (χ2v) is 11.7. The molecule has 5 atom stereocenters. The van der Waals surface area contributed by atoms with Gasteiger partial charge in [0.05, 0.1) is 7.11 Å². The van der Waals surface area contributed by atoms with Gasteiger partial charge in [0, 0.05) is 26.5 Å². The predicted octanol–water partition coefficient (Wildman–Crippen LogP) is 7.18. The Hall–Kier alpha value is -1.81. The Morgan fingerprint density at radius 2 is 1.91 bits per heavy atom. The van der Waals surface area contributed by atoms with Crippen molar-refractivity contribution < 1.29 is 7.59 Å². The maximum absolute atomic E-state index is 6.53. The van der Waals surface area contributed by atoms with Gasteiger partial charge in [0.2, 0.25) is 0 Å². The average Bonchev–Trinajstić information content (AvgIpc) is 3.55. The molecule has 1 spiro atoms. The number of hydrogen-bond donors (Lipinski definition) is 1. The lowest BCUT2D eigenvalue weighted by Gasteiger charge is -2.42. The molecule has 3 unspecified atom stereocenters. The third-order valence-corrected chi connectivity index (χ3v) is 9.58. The molecule has 1 N–H and O–H groups in total. The molecule has 1 heterocycles. The lowest BCUT2D eigenvalue weighted by molar-refractivity contribution is 0.128. The minimum Gasteiger partial charge on any atom is -0.497 e. The fraction of sp³-hybridized carbons (Fsp3) is 0.533. The first kappa shape index (κ1) is 22.6. The smallest absolute Gasteiger partial charge is 0.118 e. The van der Waals surface area contributed by atoms with E-state index in [-0.39, 0.29) is 14.3 Å². The van der Waals surface area contributed by atoms with E-state index in [4.69, 9.17) is 16.3 Å². The Morgan fingerprint density at radius 1 is 1.12 bits per heavy atom. The predicted molar refractivity (Wildman–Crippen MR) is 144 cm³/mol. The molecule has 3 nitrogen and oxygen atoms in total. The van der Waals surface area contributed by atoms with Gasteiger partial charge in [-0.1, -0.05) is 42.0 Å². The summed E-state index contributed by atoms with van der Waals surface area (Å²) in [6, 6.07) is 15.7. The van der Waals surface area contributed by atoms with E-state index in [0.717, 1.165) is 28.5 Å². The van der Waals surface area contributed by atoms with Crippen molar-refractivity contribution in [2.24, 2.45) is 17.8 Å². The van der Waals surface area contributed by atoms with E-state index in [2.05, 4.69) is 71.8 Å². The highest BCUT2D eigenvalue weighted by atomic mass is 35.5. The van der Waals surface area contributed by atoms with Crippen LogP contribution < -0.4 is 10.1 Å². The van der Waals surface area contributed by atoms with Gasteiger partial charge in [-0.3, -0.25) is 0 Å². The van der Waals surface area contributed by atoms with Crippen molar-refractivity contribution in [3.63, 3.8) is 0 Å². The first-order valence-corrected chi connectivity index (χ1v) is 13.5. The molecule has 2 bridgehead atoms. The van der Waals surface area contributed by atoms with Crippen molar-refractivity contribution in [1.82, 2.24) is 10.2 Å². The summed E-state index contributed by atoms with van der Waals surface area (Å²) in [5.74, 6) is 3.51. The molecule has 4 heteroatoms. The second kappa shape index (κ2) is 9.00. The van der Waals surface area contributed by atoms with E-state index in [9.17, 15) is 0 Å². The number of nitrogens with one attached hydrogen (secondary N) is 1. The number of piperidine rings is 1. The van der Waals surface area contributed by atoms with Gasteiger partial charge in [-0.25, -0.2) is 0 Å². The number of allylic oxidation sites excluding steroid dienone is 2. The van der Waals surface area contributed by atoms with Crippen LogP contribution in [-0.2, 0) is 5.41 Å². The molecule has 0 radical (unpaired) electrons. The van der Waals surface area contributed by atoms with Crippen LogP contribution in [0, 0.1) is 17.8 Å². The van der Waals surface area contributed by atoms with Gasteiger partial charge in [-0.2, -0.15) is 0 Å². The summed E-state index contributed by atoms with van der Waals surface area (Å²) >= 11 is 6.53. The number of nitrogens with zero attached hydrogens (tertiary/aromatic N) is 1. The topological polar surface area (TPSA) is 24.5 Å². The Morgan fingerprint density at radius 3 is 2.59 bits per heavy atom. The fourth-order valence-corrected chi connectivity index (χ4v) is 7.59. The number of likely N-dealkylation sites (tertiary alicyclic amines) is 1. The van der Waals surface area contributed by atoms with E-state index in [1.807, 2.05) is 0 Å². The average molecular weight is 481 g/mol. The summed E-state index contributed by atoms with van der Waals surface area (Å²) in [7, 11) is 1.72. The molecule has 2 aromatic carbocycles. The van der Waals surface area contributed by atoms with Crippen LogP contribution in [0.15, 0.2) is 54.6 Å². The highest BCUT2D eigenvalue weighted by Gasteiger charge is 2.46. The molecular formula is C30H41ClN2O. The van der Waals surface area contributed by atoms with Crippen molar-refractivity contribution in [2.75, 3.05) is 26.7 Å². The molecular weight excluding hydrogens is 440 g/mol. The Labute approximate surface area is 212 Å². The summed E-state index contributed by atoms with van der Waals surface area (Å²) in [6.07, 6.45) is 11.4. The van der Waals surface area contributed by atoms with Gasteiger partial charge < -0.3 is 15.0 Å².